The summed E-state index contributed by atoms with van der Waals surface area (Å²) in [7, 11) is 1.33. The Morgan fingerprint density at radius 3 is 1.91 bits per heavy atom. The molecule has 6 heteroatoms. The lowest BCUT2D eigenvalue weighted by Crippen LogP contribution is -2.36. The predicted molar refractivity (Wildman–Crippen MR) is 126 cm³/mol. The van der Waals surface area contributed by atoms with Gasteiger partial charge in [-0.25, -0.2) is 9.59 Å². The molecule has 2 aromatic carbocycles. The number of alkyl carbamates (subject to hydrolysis) is 1. The molecular formula is C26H30N2O4. The minimum Gasteiger partial charge on any atom is -0.467 e. The van der Waals surface area contributed by atoms with Gasteiger partial charge in [0.15, 0.2) is 5.54 Å². The monoisotopic (exact) mass is 434 g/mol. The summed E-state index contributed by atoms with van der Waals surface area (Å²) in [6, 6.07) is 19.3. The molecule has 0 aliphatic heterocycles. The Kier molecular flexibility index (Phi) is 8.60. The molecule has 0 saturated carbocycles. The normalized spacial score (nSPS) is 12.4. The van der Waals surface area contributed by atoms with Crippen LogP contribution >= 0.6 is 0 Å². The van der Waals surface area contributed by atoms with Crippen LogP contribution < -0.4 is 5.32 Å². The maximum absolute atomic E-state index is 12.7. The third-order valence-corrected chi connectivity index (χ3v) is 4.36. The van der Waals surface area contributed by atoms with E-state index in [9.17, 15) is 9.59 Å². The first kappa shape index (κ1) is 24.7. The highest BCUT2D eigenvalue weighted by Gasteiger charge is 2.34. The molecule has 2 aromatic rings. The molecule has 0 spiro atoms. The van der Waals surface area contributed by atoms with Gasteiger partial charge in [0.2, 0.25) is 0 Å². The zero-order chi connectivity index (χ0) is 23.6. The van der Waals surface area contributed by atoms with Crippen LogP contribution in [0, 0.1) is 11.8 Å². The molecule has 1 amide bonds. The first-order valence-corrected chi connectivity index (χ1v) is 10.4. The second kappa shape index (κ2) is 11.1. The van der Waals surface area contributed by atoms with Gasteiger partial charge in [-0.1, -0.05) is 72.5 Å². The lowest BCUT2D eigenvalue weighted by atomic mass is 9.96. The SMILES string of the molecule is COC(=O)C(C)(CC#CCNC(=O)OC(C)(C)C)N=C(c1ccccc1)c1ccccc1. The third kappa shape index (κ3) is 7.59. The van der Waals surface area contributed by atoms with Crippen molar-refractivity contribution >= 4 is 17.8 Å². The Balaban J connectivity index is 2.28. The highest BCUT2D eigenvalue weighted by atomic mass is 16.6. The van der Waals surface area contributed by atoms with Crippen LogP contribution in [-0.2, 0) is 14.3 Å². The number of nitrogens with one attached hydrogen (secondary N) is 1. The van der Waals surface area contributed by atoms with Gasteiger partial charge in [0, 0.05) is 17.5 Å². The van der Waals surface area contributed by atoms with Gasteiger partial charge in [-0.3, -0.25) is 4.99 Å². The third-order valence-electron chi connectivity index (χ3n) is 4.36. The number of carbonyl (C=O) groups excluding carboxylic acids is 2. The topological polar surface area (TPSA) is 77.0 Å². The smallest absolute Gasteiger partial charge is 0.408 e. The van der Waals surface area contributed by atoms with Crippen LogP contribution in [0.4, 0.5) is 4.79 Å². The maximum atomic E-state index is 12.7. The molecule has 32 heavy (non-hydrogen) atoms. The van der Waals surface area contributed by atoms with Crippen LogP contribution in [0.1, 0.15) is 45.2 Å². The highest BCUT2D eigenvalue weighted by Crippen LogP contribution is 2.22. The zero-order valence-electron chi connectivity index (χ0n) is 19.3. The molecule has 0 aromatic heterocycles. The standard InChI is InChI=1S/C26H30N2O4/c1-25(2,3)32-24(30)27-19-13-12-18-26(4,23(29)31-5)28-22(20-14-8-6-9-15-20)21-16-10-7-11-17-21/h6-11,14-17H,18-19H2,1-5H3,(H,27,30). The molecule has 0 radical (unpaired) electrons. The van der Waals surface area contributed by atoms with E-state index in [1.165, 1.54) is 7.11 Å². The van der Waals surface area contributed by atoms with Crippen molar-refractivity contribution in [2.45, 2.75) is 45.3 Å². The average molecular weight is 435 g/mol. The number of esters is 1. The molecule has 6 nitrogen and oxygen atoms in total. The van der Waals surface area contributed by atoms with Crippen molar-refractivity contribution in [3.05, 3.63) is 71.8 Å². The first-order valence-electron chi connectivity index (χ1n) is 10.4. The van der Waals surface area contributed by atoms with Gasteiger partial charge in [0.05, 0.1) is 19.4 Å². The molecule has 0 bridgehead atoms. The summed E-state index contributed by atoms with van der Waals surface area (Å²) in [5.41, 5.74) is 0.630. The minimum absolute atomic E-state index is 0.0973. The van der Waals surface area contributed by atoms with Crippen LogP contribution in [0.5, 0.6) is 0 Å². The van der Waals surface area contributed by atoms with Gasteiger partial charge in [-0.2, -0.15) is 0 Å². The van der Waals surface area contributed by atoms with Gasteiger partial charge in [0.25, 0.3) is 0 Å². The average Bonchev–Trinajstić information content (AvgIpc) is 2.76. The summed E-state index contributed by atoms with van der Waals surface area (Å²) in [5.74, 6) is 5.30. The number of aliphatic imine (C=N–C) groups is 1. The van der Waals surface area contributed by atoms with Gasteiger partial charge in [-0.15, -0.1) is 0 Å². The molecule has 1 N–H and O–H groups in total. The van der Waals surface area contributed by atoms with Gasteiger partial charge in [-0.05, 0) is 27.7 Å². The van der Waals surface area contributed by atoms with Crippen molar-refractivity contribution in [2.24, 2.45) is 4.99 Å². The van der Waals surface area contributed by atoms with E-state index < -0.39 is 23.2 Å². The van der Waals surface area contributed by atoms with E-state index in [-0.39, 0.29) is 13.0 Å². The van der Waals surface area contributed by atoms with E-state index in [1.54, 1.807) is 27.7 Å². The van der Waals surface area contributed by atoms with Crippen LogP contribution in [0.25, 0.3) is 0 Å². The summed E-state index contributed by atoms with van der Waals surface area (Å²) in [6.07, 6.45) is -0.422. The fraction of sp³-hybridized carbons (Fsp3) is 0.346. The van der Waals surface area contributed by atoms with E-state index in [4.69, 9.17) is 14.5 Å². The zero-order valence-corrected chi connectivity index (χ0v) is 19.3. The number of ether oxygens (including phenoxy) is 2. The van der Waals surface area contributed by atoms with Crippen molar-refractivity contribution in [2.75, 3.05) is 13.7 Å². The van der Waals surface area contributed by atoms with Crippen LogP contribution in [0.3, 0.4) is 0 Å². The molecule has 168 valence electrons. The number of hydrogen-bond acceptors (Lipinski definition) is 5. The van der Waals surface area contributed by atoms with Crippen LogP contribution in [-0.4, -0.2) is 42.6 Å². The summed E-state index contributed by atoms with van der Waals surface area (Å²) in [6.45, 7) is 7.15. The number of rotatable bonds is 6. The van der Waals surface area contributed by atoms with Crippen LogP contribution in [0.15, 0.2) is 65.7 Å². The number of methoxy groups -OCH3 is 1. The van der Waals surface area contributed by atoms with Crippen molar-refractivity contribution in [3.63, 3.8) is 0 Å². The summed E-state index contributed by atoms with van der Waals surface area (Å²) >= 11 is 0. The Bertz CT molecular complexity index is 957. The Morgan fingerprint density at radius 2 is 1.44 bits per heavy atom. The van der Waals surface area contributed by atoms with Crippen molar-refractivity contribution in [1.29, 1.82) is 0 Å². The quantitative estimate of drug-likeness (QED) is 0.416. The fourth-order valence-electron chi connectivity index (χ4n) is 2.84. The van der Waals surface area contributed by atoms with Crippen molar-refractivity contribution < 1.29 is 19.1 Å². The van der Waals surface area contributed by atoms with Crippen LogP contribution in [0.2, 0.25) is 0 Å². The highest BCUT2D eigenvalue weighted by molar-refractivity contribution is 6.13. The molecule has 0 saturated heterocycles. The molecule has 0 fully saturated rings. The number of hydrogen-bond donors (Lipinski definition) is 1. The Morgan fingerprint density at radius 1 is 0.906 bits per heavy atom. The number of nitrogens with zero attached hydrogens (tertiary/aromatic N) is 1. The number of carbonyl (C=O) groups is 2. The predicted octanol–water partition coefficient (Wildman–Crippen LogP) is 4.37. The van der Waals surface area contributed by atoms with E-state index in [0.29, 0.717) is 5.71 Å². The molecule has 1 atom stereocenters. The minimum atomic E-state index is -1.23. The maximum Gasteiger partial charge on any atom is 0.408 e. The molecule has 0 heterocycles. The molecule has 0 aliphatic rings. The second-order valence-corrected chi connectivity index (χ2v) is 8.34. The number of benzene rings is 2. The lowest BCUT2D eigenvalue weighted by Gasteiger charge is -2.22. The van der Waals surface area contributed by atoms with Crippen molar-refractivity contribution in [3.8, 4) is 11.8 Å². The van der Waals surface area contributed by atoms with Gasteiger partial charge >= 0.3 is 12.1 Å². The molecule has 0 aliphatic carbocycles. The molecule has 1 unspecified atom stereocenters. The van der Waals surface area contributed by atoms with E-state index in [2.05, 4.69) is 17.2 Å². The second-order valence-electron chi connectivity index (χ2n) is 8.34. The van der Waals surface area contributed by atoms with E-state index >= 15 is 0 Å². The number of amides is 1. The summed E-state index contributed by atoms with van der Waals surface area (Å²) < 4.78 is 10.2. The van der Waals surface area contributed by atoms with E-state index in [1.807, 2.05) is 60.7 Å². The first-order chi connectivity index (χ1) is 15.1. The van der Waals surface area contributed by atoms with E-state index in [0.717, 1.165) is 11.1 Å². The largest absolute Gasteiger partial charge is 0.467 e. The van der Waals surface area contributed by atoms with Gasteiger partial charge in [0.1, 0.15) is 5.60 Å². The van der Waals surface area contributed by atoms with Crippen molar-refractivity contribution in [1.82, 2.24) is 5.32 Å². The summed E-state index contributed by atoms with van der Waals surface area (Å²) in [5, 5.41) is 2.57. The lowest BCUT2D eigenvalue weighted by molar-refractivity contribution is -0.146. The fourth-order valence-corrected chi connectivity index (χ4v) is 2.84. The summed E-state index contributed by atoms with van der Waals surface area (Å²) in [4.78, 5) is 29.2. The molecule has 2 rings (SSSR count). The molecular weight excluding hydrogens is 404 g/mol. The van der Waals surface area contributed by atoms with Gasteiger partial charge < -0.3 is 14.8 Å². The Labute approximate surface area is 190 Å². The Hall–Kier alpha value is -3.59.